The third-order valence-electron chi connectivity index (χ3n) is 4.27. The zero-order chi connectivity index (χ0) is 16.9. The molecular formula is C19H21N3O2. The van der Waals surface area contributed by atoms with E-state index in [4.69, 9.17) is 0 Å². The van der Waals surface area contributed by atoms with Gasteiger partial charge in [0.15, 0.2) is 0 Å². The molecule has 124 valence electrons. The second-order valence-corrected chi connectivity index (χ2v) is 6.21. The summed E-state index contributed by atoms with van der Waals surface area (Å²) in [6.45, 7) is 1.02. The molecule has 3 rings (SSSR count). The highest BCUT2D eigenvalue weighted by atomic mass is 16.2. The van der Waals surface area contributed by atoms with Gasteiger partial charge < -0.3 is 10.2 Å². The Morgan fingerprint density at radius 3 is 2.58 bits per heavy atom. The molecule has 1 fully saturated rings. The van der Waals surface area contributed by atoms with Crippen LogP contribution in [0.25, 0.3) is 0 Å². The maximum Gasteiger partial charge on any atom is 0.226 e. The van der Waals surface area contributed by atoms with Gasteiger partial charge in [-0.1, -0.05) is 36.4 Å². The van der Waals surface area contributed by atoms with E-state index in [0.29, 0.717) is 19.5 Å². The minimum atomic E-state index is -0.201. The zero-order valence-electron chi connectivity index (χ0n) is 13.7. The number of carbonyl (C=O) groups is 2. The second kappa shape index (κ2) is 7.25. The van der Waals surface area contributed by atoms with Crippen LogP contribution in [-0.2, 0) is 22.7 Å². The van der Waals surface area contributed by atoms with Gasteiger partial charge in [-0.3, -0.25) is 14.6 Å². The van der Waals surface area contributed by atoms with Crippen LogP contribution >= 0.6 is 0 Å². The summed E-state index contributed by atoms with van der Waals surface area (Å²) < 4.78 is 0. The molecule has 5 nitrogen and oxygen atoms in total. The van der Waals surface area contributed by atoms with E-state index in [1.807, 2.05) is 42.5 Å². The summed E-state index contributed by atoms with van der Waals surface area (Å²) in [6, 6.07) is 13.6. The maximum atomic E-state index is 12.4. The fourth-order valence-corrected chi connectivity index (χ4v) is 2.80. The van der Waals surface area contributed by atoms with Crippen LogP contribution in [0.1, 0.15) is 17.5 Å². The number of pyridine rings is 1. The predicted molar refractivity (Wildman–Crippen MR) is 90.6 cm³/mol. The van der Waals surface area contributed by atoms with Crippen molar-refractivity contribution in [3.63, 3.8) is 0 Å². The molecule has 1 aromatic carbocycles. The molecule has 1 aromatic heterocycles. The summed E-state index contributed by atoms with van der Waals surface area (Å²) in [7, 11) is 1.79. The van der Waals surface area contributed by atoms with Crippen LogP contribution in [0.4, 0.5) is 0 Å². The van der Waals surface area contributed by atoms with Crippen molar-refractivity contribution in [2.24, 2.45) is 11.8 Å². The number of nitrogens with one attached hydrogen (secondary N) is 1. The molecule has 0 radical (unpaired) electrons. The van der Waals surface area contributed by atoms with Gasteiger partial charge in [-0.05, 0) is 23.6 Å². The Hall–Kier alpha value is -2.69. The Labute approximate surface area is 141 Å². The summed E-state index contributed by atoms with van der Waals surface area (Å²) in [6.07, 6.45) is 4.06. The Kier molecular flexibility index (Phi) is 4.89. The van der Waals surface area contributed by atoms with Crippen molar-refractivity contribution in [2.45, 2.75) is 19.5 Å². The van der Waals surface area contributed by atoms with E-state index >= 15 is 0 Å². The molecule has 2 amide bonds. The van der Waals surface area contributed by atoms with Crippen molar-refractivity contribution in [1.29, 1.82) is 0 Å². The van der Waals surface area contributed by atoms with E-state index < -0.39 is 0 Å². The molecule has 5 heteroatoms. The van der Waals surface area contributed by atoms with Crippen LogP contribution in [0.15, 0.2) is 54.9 Å². The van der Waals surface area contributed by atoms with E-state index in [1.165, 1.54) is 0 Å². The molecule has 24 heavy (non-hydrogen) atoms. The maximum absolute atomic E-state index is 12.4. The third kappa shape index (κ3) is 3.98. The first kappa shape index (κ1) is 16.2. The van der Waals surface area contributed by atoms with Crippen LogP contribution in [-0.4, -0.2) is 28.7 Å². The quantitative estimate of drug-likeness (QED) is 0.884. The lowest BCUT2D eigenvalue weighted by molar-refractivity contribution is -0.134. The molecule has 2 atom stereocenters. The summed E-state index contributed by atoms with van der Waals surface area (Å²) in [5, 5.41) is 2.88. The van der Waals surface area contributed by atoms with Gasteiger partial charge in [-0.2, -0.15) is 0 Å². The number of rotatable bonds is 6. The van der Waals surface area contributed by atoms with Crippen molar-refractivity contribution < 1.29 is 9.59 Å². The van der Waals surface area contributed by atoms with Gasteiger partial charge in [0.1, 0.15) is 0 Å². The molecule has 1 heterocycles. The second-order valence-electron chi connectivity index (χ2n) is 6.21. The highest BCUT2D eigenvalue weighted by Crippen LogP contribution is 2.40. The number of hydrogen-bond donors (Lipinski definition) is 1. The number of hydrogen-bond acceptors (Lipinski definition) is 3. The normalized spacial score (nSPS) is 18.7. The molecule has 0 aliphatic heterocycles. The van der Waals surface area contributed by atoms with E-state index in [0.717, 1.165) is 11.1 Å². The standard InChI is InChI=1S/C19H21N3O2/c1-22(13-14-6-3-2-4-7-14)19(24)17-10-16(17)18(23)21-12-15-8-5-9-20-11-15/h2-9,11,16-17H,10,12-13H2,1H3,(H,21,23). The molecule has 2 unspecified atom stereocenters. The first-order valence-electron chi connectivity index (χ1n) is 8.10. The van der Waals surface area contributed by atoms with Crippen LogP contribution in [0, 0.1) is 11.8 Å². The first-order valence-corrected chi connectivity index (χ1v) is 8.10. The summed E-state index contributed by atoms with van der Waals surface area (Å²) in [4.78, 5) is 30.3. The summed E-state index contributed by atoms with van der Waals surface area (Å²) >= 11 is 0. The van der Waals surface area contributed by atoms with Gasteiger partial charge >= 0.3 is 0 Å². The molecule has 0 saturated heterocycles. The Bertz CT molecular complexity index is 703. The SMILES string of the molecule is CN(Cc1ccccc1)C(=O)C1CC1C(=O)NCc1cccnc1. The molecule has 1 aliphatic rings. The van der Waals surface area contributed by atoms with E-state index in [2.05, 4.69) is 10.3 Å². The monoisotopic (exact) mass is 323 g/mol. The number of aromatic nitrogens is 1. The molecule has 0 spiro atoms. The van der Waals surface area contributed by atoms with Crippen molar-refractivity contribution in [1.82, 2.24) is 15.2 Å². The van der Waals surface area contributed by atoms with Crippen molar-refractivity contribution in [3.8, 4) is 0 Å². The van der Waals surface area contributed by atoms with Crippen LogP contribution in [0.5, 0.6) is 0 Å². The average Bonchev–Trinajstić information content (AvgIpc) is 3.41. The topological polar surface area (TPSA) is 62.3 Å². The molecular weight excluding hydrogens is 302 g/mol. The van der Waals surface area contributed by atoms with Crippen molar-refractivity contribution in [3.05, 3.63) is 66.0 Å². The van der Waals surface area contributed by atoms with E-state index in [-0.39, 0.29) is 23.7 Å². The van der Waals surface area contributed by atoms with E-state index in [1.54, 1.807) is 24.3 Å². The van der Waals surface area contributed by atoms with Crippen molar-refractivity contribution in [2.75, 3.05) is 7.05 Å². The lowest BCUT2D eigenvalue weighted by atomic mass is 10.2. The highest BCUT2D eigenvalue weighted by molar-refractivity contribution is 5.92. The predicted octanol–water partition coefficient (Wildman–Crippen LogP) is 1.99. The van der Waals surface area contributed by atoms with Crippen LogP contribution < -0.4 is 5.32 Å². The summed E-state index contributed by atoms with van der Waals surface area (Å²) in [5.41, 5.74) is 2.04. The number of amides is 2. The van der Waals surface area contributed by atoms with E-state index in [9.17, 15) is 9.59 Å². The first-order chi connectivity index (χ1) is 11.6. The van der Waals surface area contributed by atoms with Gasteiger partial charge in [-0.25, -0.2) is 0 Å². The van der Waals surface area contributed by atoms with Crippen LogP contribution in [0.3, 0.4) is 0 Å². The molecule has 0 bridgehead atoms. The van der Waals surface area contributed by atoms with Gasteiger partial charge in [-0.15, -0.1) is 0 Å². The van der Waals surface area contributed by atoms with Gasteiger partial charge in [0.2, 0.25) is 11.8 Å². The fourth-order valence-electron chi connectivity index (χ4n) is 2.80. The number of nitrogens with zero attached hydrogens (tertiary/aromatic N) is 2. The fraction of sp³-hybridized carbons (Fsp3) is 0.316. The largest absolute Gasteiger partial charge is 0.352 e. The molecule has 1 saturated carbocycles. The van der Waals surface area contributed by atoms with Gasteiger partial charge in [0.25, 0.3) is 0 Å². The van der Waals surface area contributed by atoms with Gasteiger partial charge in [0, 0.05) is 32.5 Å². The van der Waals surface area contributed by atoms with Gasteiger partial charge in [0.05, 0.1) is 11.8 Å². The Balaban J connectivity index is 1.47. The lowest BCUT2D eigenvalue weighted by Crippen LogP contribution is -2.31. The van der Waals surface area contributed by atoms with Crippen molar-refractivity contribution >= 4 is 11.8 Å². The molecule has 2 aromatic rings. The molecule has 1 aliphatic carbocycles. The minimum Gasteiger partial charge on any atom is -0.352 e. The highest BCUT2D eigenvalue weighted by Gasteiger charge is 2.48. The Morgan fingerprint density at radius 1 is 1.12 bits per heavy atom. The number of benzene rings is 1. The Morgan fingerprint density at radius 2 is 1.88 bits per heavy atom. The average molecular weight is 323 g/mol. The smallest absolute Gasteiger partial charge is 0.226 e. The summed E-state index contributed by atoms with van der Waals surface area (Å²) in [5.74, 6) is -0.397. The third-order valence-corrected chi connectivity index (χ3v) is 4.27. The lowest BCUT2D eigenvalue weighted by Gasteiger charge is -2.17. The molecule has 1 N–H and O–H groups in total. The zero-order valence-corrected chi connectivity index (χ0v) is 13.7. The number of carbonyl (C=O) groups excluding carboxylic acids is 2. The van der Waals surface area contributed by atoms with Crippen LogP contribution in [0.2, 0.25) is 0 Å². The minimum absolute atomic E-state index is 0.0420.